The highest BCUT2D eigenvalue weighted by molar-refractivity contribution is 6.07. The number of nitrogens with one attached hydrogen (secondary N) is 1. The molecule has 1 heterocycles. The number of aryl methyl sites for hydroxylation is 1. The first-order chi connectivity index (χ1) is 12.4. The molecule has 3 rings (SSSR count). The predicted octanol–water partition coefficient (Wildman–Crippen LogP) is 2.07. The first-order valence-corrected chi connectivity index (χ1v) is 7.92. The summed E-state index contributed by atoms with van der Waals surface area (Å²) in [5.74, 6) is -0.512. The minimum Gasteiger partial charge on any atom is -0.455 e. The second kappa shape index (κ2) is 6.79. The van der Waals surface area contributed by atoms with Gasteiger partial charge in [0.15, 0.2) is 5.76 Å². The Balaban J connectivity index is 1.86. The van der Waals surface area contributed by atoms with E-state index in [0.29, 0.717) is 35.4 Å². The molecule has 134 valence electrons. The van der Waals surface area contributed by atoms with Crippen molar-refractivity contribution in [2.24, 2.45) is 10.8 Å². The Bertz CT molecular complexity index is 945. The number of amides is 2. The monoisotopic (exact) mass is 356 g/mol. The molecule has 0 bridgehead atoms. The number of primary amides is 1. The number of benzene rings is 1. The maximum atomic E-state index is 12.2. The number of hydrogen-bond donors (Lipinski definition) is 2. The van der Waals surface area contributed by atoms with Crippen molar-refractivity contribution in [3.8, 4) is 0 Å². The number of nitrogens with two attached hydrogens (primary N) is 1. The molecule has 1 aliphatic rings. The highest BCUT2D eigenvalue weighted by Crippen LogP contribution is 2.29. The van der Waals surface area contributed by atoms with Crippen LogP contribution in [0, 0.1) is 17.0 Å². The molecule has 0 spiro atoms. The Morgan fingerprint density at radius 1 is 1.35 bits per heavy atom. The van der Waals surface area contributed by atoms with E-state index in [4.69, 9.17) is 10.2 Å². The largest absolute Gasteiger partial charge is 0.455 e. The van der Waals surface area contributed by atoms with Crippen LogP contribution in [0.4, 0.5) is 5.69 Å². The molecule has 0 fully saturated rings. The van der Waals surface area contributed by atoms with Crippen molar-refractivity contribution in [3.05, 3.63) is 62.6 Å². The third-order valence-corrected chi connectivity index (χ3v) is 4.16. The summed E-state index contributed by atoms with van der Waals surface area (Å²) in [5, 5.41) is 15.0. The van der Waals surface area contributed by atoms with Crippen LogP contribution in [0.1, 0.15) is 50.6 Å². The van der Waals surface area contributed by atoms with E-state index in [0.717, 1.165) is 6.42 Å². The number of hydrazone groups is 1. The number of nitrogens with zero attached hydrogens (tertiary/aromatic N) is 2. The summed E-state index contributed by atoms with van der Waals surface area (Å²) in [6.07, 6.45) is 2.01. The Kier molecular flexibility index (Phi) is 4.53. The van der Waals surface area contributed by atoms with Gasteiger partial charge in [-0.1, -0.05) is 6.07 Å². The molecule has 0 saturated heterocycles. The van der Waals surface area contributed by atoms with Gasteiger partial charge in [0.05, 0.1) is 10.6 Å². The first kappa shape index (κ1) is 17.3. The van der Waals surface area contributed by atoms with Gasteiger partial charge in [-0.3, -0.25) is 19.7 Å². The van der Waals surface area contributed by atoms with E-state index in [1.54, 1.807) is 6.92 Å². The van der Waals surface area contributed by atoms with Gasteiger partial charge in [0.25, 0.3) is 17.5 Å². The highest BCUT2D eigenvalue weighted by atomic mass is 16.6. The zero-order chi connectivity index (χ0) is 18.8. The molecule has 1 aliphatic carbocycles. The van der Waals surface area contributed by atoms with Crippen LogP contribution < -0.4 is 11.2 Å². The lowest BCUT2D eigenvalue weighted by molar-refractivity contribution is -0.384. The molecule has 3 N–H and O–H groups in total. The van der Waals surface area contributed by atoms with E-state index in [2.05, 4.69) is 10.5 Å². The molecular weight excluding hydrogens is 340 g/mol. The SMILES string of the molecule is Cc1c(C(N)=O)oc2c1/C(=N/NC(=O)c1cccc([N+](=O)[O-])c1)CCC2. The summed E-state index contributed by atoms with van der Waals surface area (Å²) >= 11 is 0. The maximum Gasteiger partial charge on any atom is 0.284 e. The van der Waals surface area contributed by atoms with Crippen LogP contribution in [-0.4, -0.2) is 22.4 Å². The highest BCUT2D eigenvalue weighted by Gasteiger charge is 2.27. The molecule has 0 atom stereocenters. The zero-order valence-electron chi connectivity index (χ0n) is 13.9. The second-order valence-corrected chi connectivity index (χ2v) is 5.88. The van der Waals surface area contributed by atoms with Crippen LogP contribution in [0.25, 0.3) is 0 Å². The standard InChI is InChI=1S/C17H16N4O5/c1-9-14-12(6-3-7-13(14)26-15(9)16(18)22)19-20-17(23)10-4-2-5-11(8-10)21(24)25/h2,4-5,8H,3,6-7H2,1H3,(H2,18,22)(H,20,23)/b19-12+. The predicted molar refractivity (Wildman–Crippen MR) is 92.0 cm³/mol. The summed E-state index contributed by atoms with van der Waals surface area (Å²) in [4.78, 5) is 33.9. The van der Waals surface area contributed by atoms with Crippen molar-refractivity contribution in [2.45, 2.75) is 26.2 Å². The lowest BCUT2D eigenvalue weighted by atomic mass is 9.93. The zero-order valence-corrected chi connectivity index (χ0v) is 13.9. The summed E-state index contributed by atoms with van der Waals surface area (Å²) in [6.45, 7) is 1.71. The van der Waals surface area contributed by atoms with E-state index in [9.17, 15) is 19.7 Å². The fourth-order valence-electron chi connectivity index (χ4n) is 2.96. The summed E-state index contributed by atoms with van der Waals surface area (Å²) in [6, 6.07) is 5.37. The Hall–Kier alpha value is -3.49. The topological polar surface area (TPSA) is 141 Å². The van der Waals surface area contributed by atoms with Crippen molar-refractivity contribution in [1.82, 2.24) is 5.43 Å². The van der Waals surface area contributed by atoms with Crippen LogP contribution >= 0.6 is 0 Å². The van der Waals surface area contributed by atoms with Crippen molar-refractivity contribution < 1.29 is 18.9 Å². The average Bonchev–Trinajstić information content (AvgIpc) is 2.97. The summed E-state index contributed by atoms with van der Waals surface area (Å²) in [5.41, 5.74) is 9.53. The van der Waals surface area contributed by atoms with Crippen LogP contribution in [0.15, 0.2) is 33.8 Å². The molecule has 2 aromatic rings. The Morgan fingerprint density at radius 3 is 2.81 bits per heavy atom. The maximum absolute atomic E-state index is 12.2. The fourth-order valence-corrected chi connectivity index (χ4v) is 2.96. The summed E-state index contributed by atoms with van der Waals surface area (Å²) in [7, 11) is 0. The number of fused-ring (bicyclic) bond motifs is 1. The Labute approximate surface area is 148 Å². The lowest BCUT2D eigenvalue weighted by Gasteiger charge is -2.13. The molecule has 0 saturated carbocycles. The van der Waals surface area contributed by atoms with Gasteiger partial charge in [-0.15, -0.1) is 0 Å². The van der Waals surface area contributed by atoms with Crippen LogP contribution in [-0.2, 0) is 6.42 Å². The van der Waals surface area contributed by atoms with E-state index < -0.39 is 16.7 Å². The minimum atomic E-state index is -0.656. The molecule has 9 heteroatoms. The summed E-state index contributed by atoms with van der Waals surface area (Å²) < 4.78 is 5.52. The van der Waals surface area contributed by atoms with Gasteiger partial charge in [-0.05, 0) is 25.8 Å². The van der Waals surface area contributed by atoms with E-state index in [1.807, 2.05) is 0 Å². The van der Waals surface area contributed by atoms with Gasteiger partial charge in [-0.2, -0.15) is 5.10 Å². The number of rotatable bonds is 4. The fraction of sp³-hybridized carbons (Fsp3) is 0.235. The van der Waals surface area contributed by atoms with Crippen LogP contribution in [0.5, 0.6) is 0 Å². The second-order valence-electron chi connectivity index (χ2n) is 5.88. The smallest absolute Gasteiger partial charge is 0.284 e. The van der Waals surface area contributed by atoms with Gasteiger partial charge < -0.3 is 10.2 Å². The third-order valence-electron chi connectivity index (χ3n) is 4.16. The Morgan fingerprint density at radius 2 is 2.12 bits per heavy atom. The number of hydrogen-bond acceptors (Lipinski definition) is 6. The molecule has 0 aliphatic heterocycles. The number of carbonyl (C=O) groups excluding carboxylic acids is 2. The van der Waals surface area contributed by atoms with Crippen molar-refractivity contribution in [1.29, 1.82) is 0 Å². The average molecular weight is 356 g/mol. The number of nitro benzene ring substituents is 1. The molecule has 9 nitrogen and oxygen atoms in total. The normalized spacial score (nSPS) is 14.7. The first-order valence-electron chi connectivity index (χ1n) is 7.92. The molecule has 0 radical (unpaired) electrons. The van der Waals surface area contributed by atoms with Gasteiger partial charge in [0.1, 0.15) is 5.76 Å². The van der Waals surface area contributed by atoms with Gasteiger partial charge in [0.2, 0.25) is 0 Å². The van der Waals surface area contributed by atoms with E-state index in [1.165, 1.54) is 24.3 Å². The number of non-ortho nitro benzene ring substituents is 1. The van der Waals surface area contributed by atoms with E-state index >= 15 is 0 Å². The third kappa shape index (κ3) is 3.18. The van der Waals surface area contributed by atoms with Crippen molar-refractivity contribution in [2.75, 3.05) is 0 Å². The van der Waals surface area contributed by atoms with Gasteiger partial charge in [0, 0.05) is 35.2 Å². The van der Waals surface area contributed by atoms with Crippen molar-refractivity contribution in [3.63, 3.8) is 0 Å². The van der Waals surface area contributed by atoms with Crippen LogP contribution in [0.3, 0.4) is 0 Å². The minimum absolute atomic E-state index is 0.0922. The molecule has 2 amide bonds. The van der Waals surface area contributed by atoms with Crippen LogP contribution in [0.2, 0.25) is 0 Å². The number of nitro groups is 1. The van der Waals surface area contributed by atoms with Gasteiger partial charge >= 0.3 is 0 Å². The molecule has 0 unspecified atom stereocenters. The van der Waals surface area contributed by atoms with E-state index in [-0.39, 0.29) is 17.0 Å². The molecule has 26 heavy (non-hydrogen) atoms. The number of furan rings is 1. The molecule has 1 aromatic heterocycles. The van der Waals surface area contributed by atoms with Crippen molar-refractivity contribution >= 4 is 23.2 Å². The quantitative estimate of drug-likeness (QED) is 0.637. The van der Waals surface area contributed by atoms with Gasteiger partial charge in [-0.25, -0.2) is 5.43 Å². The molecular formula is C17H16N4O5. The number of carbonyl (C=O) groups is 2. The lowest BCUT2D eigenvalue weighted by Crippen LogP contribution is -2.22. The molecule has 1 aromatic carbocycles.